The van der Waals surface area contributed by atoms with Gasteiger partial charge in [-0.3, -0.25) is 14.4 Å². The highest BCUT2D eigenvalue weighted by Crippen LogP contribution is 2.34. The van der Waals surface area contributed by atoms with Gasteiger partial charge in [0.05, 0.1) is 17.2 Å². The number of benzene rings is 2. The van der Waals surface area contributed by atoms with Crippen molar-refractivity contribution in [2.24, 2.45) is 5.92 Å². The molecule has 1 aliphatic heterocycles. The first-order chi connectivity index (χ1) is 14.6. The van der Waals surface area contributed by atoms with Crippen LogP contribution in [-0.2, 0) is 25.3 Å². The number of esters is 1. The minimum Gasteiger partial charge on any atom is -0.455 e. The summed E-state index contributed by atoms with van der Waals surface area (Å²) in [5.41, 5.74) is 1.33. The maximum Gasteiger partial charge on any atom is 0.418 e. The van der Waals surface area contributed by atoms with Gasteiger partial charge < -0.3 is 15.0 Å². The van der Waals surface area contributed by atoms with Gasteiger partial charge in [-0.05, 0) is 49.2 Å². The Hall–Kier alpha value is -3.36. The number of aryl methyl sites for hydroxylation is 2. The first-order valence-electron chi connectivity index (χ1n) is 9.56. The predicted molar refractivity (Wildman–Crippen MR) is 107 cm³/mol. The summed E-state index contributed by atoms with van der Waals surface area (Å²) in [6.45, 7) is 3.22. The number of nitrogens with one attached hydrogen (secondary N) is 1. The molecule has 0 radical (unpaired) electrons. The first-order valence-corrected chi connectivity index (χ1v) is 9.56. The van der Waals surface area contributed by atoms with Crippen molar-refractivity contribution in [1.82, 2.24) is 0 Å². The van der Waals surface area contributed by atoms with E-state index in [-0.39, 0.29) is 18.9 Å². The second-order valence-electron chi connectivity index (χ2n) is 7.37. The van der Waals surface area contributed by atoms with Gasteiger partial charge in [-0.1, -0.05) is 18.2 Å². The lowest BCUT2D eigenvalue weighted by Gasteiger charge is -2.18. The van der Waals surface area contributed by atoms with Crippen molar-refractivity contribution in [3.05, 3.63) is 59.2 Å². The van der Waals surface area contributed by atoms with Crippen molar-refractivity contribution in [2.45, 2.75) is 26.4 Å². The minimum atomic E-state index is -4.64. The zero-order chi connectivity index (χ0) is 22.8. The summed E-state index contributed by atoms with van der Waals surface area (Å²) >= 11 is 0. The molecule has 31 heavy (non-hydrogen) atoms. The molecule has 6 nitrogen and oxygen atoms in total. The number of amides is 2. The molecule has 1 saturated heterocycles. The SMILES string of the molecule is Cc1ccc(N2C[C@H](C(=O)OCC(=O)Nc3ccccc3C(F)(F)F)CC2=O)cc1C. The van der Waals surface area contributed by atoms with Gasteiger partial charge in [0.1, 0.15) is 0 Å². The number of anilines is 2. The number of carbonyl (C=O) groups is 3. The molecule has 1 fully saturated rings. The van der Waals surface area contributed by atoms with Gasteiger partial charge in [0, 0.05) is 18.7 Å². The Labute approximate surface area is 177 Å². The number of hydrogen-bond acceptors (Lipinski definition) is 4. The Kier molecular flexibility index (Phi) is 6.33. The van der Waals surface area contributed by atoms with Gasteiger partial charge in [0.2, 0.25) is 5.91 Å². The highest BCUT2D eigenvalue weighted by atomic mass is 19.4. The van der Waals surface area contributed by atoms with Crippen LogP contribution in [-0.4, -0.2) is 30.9 Å². The second kappa shape index (κ2) is 8.79. The van der Waals surface area contributed by atoms with Crippen molar-refractivity contribution in [2.75, 3.05) is 23.4 Å². The predicted octanol–water partition coefficient (Wildman–Crippen LogP) is 3.86. The maximum absolute atomic E-state index is 13.0. The number of ether oxygens (including phenoxy) is 1. The summed E-state index contributed by atoms with van der Waals surface area (Å²) in [6, 6.07) is 10.0. The molecule has 0 aliphatic carbocycles. The van der Waals surface area contributed by atoms with Crippen molar-refractivity contribution in [3.8, 4) is 0 Å². The molecule has 1 N–H and O–H groups in total. The number of nitrogens with zero attached hydrogens (tertiary/aromatic N) is 1. The van der Waals surface area contributed by atoms with E-state index >= 15 is 0 Å². The summed E-state index contributed by atoms with van der Waals surface area (Å²) < 4.78 is 44.0. The van der Waals surface area contributed by atoms with Crippen LogP contribution >= 0.6 is 0 Å². The van der Waals surface area contributed by atoms with Crippen LogP contribution in [0.5, 0.6) is 0 Å². The molecule has 2 aromatic carbocycles. The number of hydrogen-bond donors (Lipinski definition) is 1. The average molecular weight is 434 g/mol. The molecule has 2 amide bonds. The lowest BCUT2D eigenvalue weighted by molar-refractivity contribution is -0.151. The average Bonchev–Trinajstić information content (AvgIpc) is 3.09. The van der Waals surface area contributed by atoms with Gasteiger partial charge in [0.25, 0.3) is 5.91 Å². The Morgan fingerprint density at radius 1 is 1.13 bits per heavy atom. The molecular weight excluding hydrogens is 413 g/mol. The van der Waals surface area contributed by atoms with Gasteiger partial charge in [-0.2, -0.15) is 13.2 Å². The lowest BCUT2D eigenvalue weighted by Crippen LogP contribution is -2.28. The molecule has 164 valence electrons. The van der Waals surface area contributed by atoms with Crippen molar-refractivity contribution in [3.63, 3.8) is 0 Å². The zero-order valence-corrected chi connectivity index (χ0v) is 17.0. The molecular formula is C22H21F3N2O4. The summed E-state index contributed by atoms with van der Waals surface area (Å²) in [5, 5.41) is 2.10. The van der Waals surface area contributed by atoms with Crippen LogP contribution in [0.1, 0.15) is 23.1 Å². The summed E-state index contributed by atoms with van der Waals surface area (Å²) in [6.07, 6.45) is -4.70. The fourth-order valence-corrected chi connectivity index (χ4v) is 3.29. The third kappa shape index (κ3) is 5.22. The zero-order valence-electron chi connectivity index (χ0n) is 17.0. The highest BCUT2D eigenvalue weighted by Gasteiger charge is 2.37. The number of carbonyl (C=O) groups excluding carboxylic acids is 3. The maximum atomic E-state index is 13.0. The van der Waals surface area contributed by atoms with E-state index in [4.69, 9.17) is 4.74 Å². The molecule has 1 atom stereocenters. The van der Waals surface area contributed by atoms with Gasteiger partial charge >= 0.3 is 12.1 Å². The fourth-order valence-electron chi connectivity index (χ4n) is 3.29. The molecule has 0 bridgehead atoms. The van der Waals surface area contributed by atoms with E-state index in [2.05, 4.69) is 5.32 Å². The molecule has 3 rings (SSSR count). The van der Waals surface area contributed by atoms with Gasteiger partial charge in [-0.25, -0.2) is 0 Å². The van der Waals surface area contributed by atoms with E-state index in [0.29, 0.717) is 5.69 Å². The van der Waals surface area contributed by atoms with Gasteiger partial charge in [-0.15, -0.1) is 0 Å². The van der Waals surface area contributed by atoms with Crippen LogP contribution in [0.15, 0.2) is 42.5 Å². The molecule has 1 aliphatic rings. The smallest absolute Gasteiger partial charge is 0.418 e. The molecule has 0 unspecified atom stereocenters. The van der Waals surface area contributed by atoms with Crippen LogP contribution < -0.4 is 10.2 Å². The van der Waals surface area contributed by atoms with Crippen LogP contribution in [0.25, 0.3) is 0 Å². The number of rotatable bonds is 5. The largest absolute Gasteiger partial charge is 0.455 e. The molecule has 0 spiro atoms. The van der Waals surface area contributed by atoms with Crippen LogP contribution in [0, 0.1) is 19.8 Å². The Morgan fingerprint density at radius 2 is 1.84 bits per heavy atom. The van der Waals surface area contributed by atoms with Crippen LogP contribution in [0.4, 0.5) is 24.5 Å². The van der Waals surface area contributed by atoms with Crippen molar-refractivity contribution in [1.29, 1.82) is 0 Å². The van der Waals surface area contributed by atoms with Crippen molar-refractivity contribution >= 4 is 29.2 Å². The van der Waals surface area contributed by atoms with Gasteiger partial charge in [0.15, 0.2) is 6.61 Å². The van der Waals surface area contributed by atoms with Crippen molar-refractivity contribution < 1.29 is 32.3 Å². The fraction of sp³-hybridized carbons (Fsp3) is 0.318. The summed E-state index contributed by atoms with van der Waals surface area (Å²) in [4.78, 5) is 38.1. The Bertz CT molecular complexity index is 1020. The van der Waals surface area contributed by atoms with E-state index in [1.807, 2.05) is 26.0 Å². The Balaban J connectivity index is 1.57. The third-order valence-corrected chi connectivity index (χ3v) is 5.11. The quantitative estimate of drug-likeness (QED) is 0.726. The standard InChI is InChI=1S/C22H21F3N2O4/c1-13-7-8-16(9-14(13)2)27-11-15(10-20(27)29)21(30)31-12-19(28)26-18-6-4-3-5-17(18)22(23,24)25/h3-9,15H,10-12H2,1-2H3,(H,26,28)/t15-/m1/s1. The molecule has 0 aromatic heterocycles. The summed E-state index contributed by atoms with van der Waals surface area (Å²) in [7, 11) is 0. The van der Waals surface area contributed by atoms with E-state index in [9.17, 15) is 27.6 Å². The number of halogens is 3. The molecule has 2 aromatic rings. The summed E-state index contributed by atoms with van der Waals surface area (Å²) in [5.74, 6) is -2.66. The van der Waals surface area contributed by atoms with E-state index in [0.717, 1.165) is 23.3 Å². The number of alkyl halides is 3. The monoisotopic (exact) mass is 434 g/mol. The lowest BCUT2D eigenvalue weighted by atomic mass is 10.1. The van der Waals surface area contributed by atoms with Crippen LogP contribution in [0.2, 0.25) is 0 Å². The van der Waals surface area contributed by atoms with E-state index in [1.165, 1.54) is 17.0 Å². The minimum absolute atomic E-state index is 0.0652. The topological polar surface area (TPSA) is 75.7 Å². The molecule has 9 heteroatoms. The normalized spacial score (nSPS) is 16.4. The Morgan fingerprint density at radius 3 is 2.52 bits per heavy atom. The molecule has 1 heterocycles. The van der Waals surface area contributed by atoms with E-state index < -0.39 is 41.8 Å². The first kappa shape index (κ1) is 22.3. The molecule has 0 saturated carbocycles. The van der Waals surface area contributed by atoms with Crippen LogP contribution in [0.3, 0.4) is 0 Å². The third-order valence-electron chi connectivity index (χ3n) is 5.11. The highest BCUT2D eigenvalue weighted by molar-refractivity contribution is 6.00. The van der Waals surface area contributed by atoms with E-state index in [1.54, 1.807) is 6.07 Å². The second-order valence-corrected chi connectivity index (χ2v) is 7.37. The number of para-hydroxylation sites is 1.